The summed E-state index contributed by atoms with van der Waals surface area (Å²) < 4.78 is 28.4. The summed E-state index contributed by atoms with van der Waals surface area (Å²) >= 11 is 3.84. The summed E-state index contributed by atoms with van der Waals surface area (Å²) in [7, 11) is 0. The average Bonchev–Trinajstić information content (AvgIpc) is 3.36. The molecule has 0 spiro atoms. The minimum atomic E-state index is -2.87. The monoisotopic (exact) mass is 728 g/mol. The second-order valence-electron chi connectivity index (χ2n) is 12.1. The molecule has 0 radical (unpaired) electrons. The summed E-state index contributed by atoms with van der Waals surface area (Å²) in [6, 6.07) is 10.1. The van der Waals surface area contributed by atoms with E-state index in [0.717, 1.165) is 3.58 Å². The van der Waals surface area contributed by atoms with Crippen LogP contribution in [0.3, 0.4) is 0 Å². The van der Waals surface area contributed by atoms with Crippen LogP contribution in [0.1, 0.15) is 42.9 Å². The fourth-order valence-electron chi connectivity index (χ4n) is 5.50. The van der Waals surface area contributed by atoms with Crippen LogP contribution in [-0.2, 0) is 14.4 Å². The predicted octanol–water partition coefficient (Wildman–Crippen LogP) is 4.73. The number of pyridine rings is 2. The maximum atomic E-state index is 14.8. The minimum absolute atomic E-state index is 0.0412. The SMILES string of the molecule is [CH3][Sn]([CH3])([CH3])[c]1cncc(N(C(=O)[C@@H]2CCC(=O)N2c2cc(C#N)ccn2)[C@H](C(=O)NC2CC(F)(F)C2)c2ccccc2Cl)c1. The van der Waals surface area contributed by atoms with E-state index in [2.05, 4.69) is 30.1 Å². The van der Waals surface area contributed by atoms with Crippen molar-refractivity contribution in [2.24, 2.45) is 0 Å². The number of nitriles is 1. The average molecular weight is 728 g/mol. The Bertz CT molecular complexity index is 1650. The second kappa shape index (κ2) is 12.4. The number of anilines is 2. The first-order valence-corrected chi connectivity index (χ1v) is 24.6. The van der Waals surface area contributed by atoms with Gasteiger partial charge in [0.25, 0.3) is 0 Å². The number of hydrogen-bond donors (Lipinski definition) is 1. The number of halogens is 3. The molecule has 2 atom stereocenters. The summed E-state index contributed by atoms with van der Waals surface area (Å²) in [6.07, 6.45) is 3.77. The number of nitrogens with one attached hydrogen (secondary N) is 1. The van der Waals surface area contributed by atoms with Gasteiger partial charge in [0.15, 0.2) is 0 Å². The van der Waals surface area contributed by atoms with Crippen LogP contribution in [0.4, 0.5) is 20.3 Å². The van der Waals surface area contributed by atoms with E-state index >= 15 is 0 Å². The van der Waals surface area contributed by atoms with E-state index < -0.39 is 67.1 Å². The molecule has 2 aliphatic rings. The Morgan fingerprint density at radius 2 is 1.91 bits per heavy atom. The van der Waals surface area contributed by atoms with Gasteiger partial charge >= 0.3 is 264 Å². The van der Waals surface area contributed by atoms with E-state index in [1.807, 2.05) is 12.1 Å². The van der Waals surface area contributed by atoms with Crippen molar-refractivity contribution in [1.29, 1.82) is 5.26 Å². The molecule has 1 aliphatic carbocycles. The number of hydrogen-bond acceptors (Lipinski definition) is 6. The predicted molar refractivity (Wildman–Crippen MR) is 164 cm³/mol. The number of amides is 3. The van der Waals surface area contributed by atoms with Crippen LogP contribution in [0.2, 0.25) is 19.8 Å². The van der Waals surface area contributed by atoms with Crippen LogP contribution in [0.5, 0.6) is 0 Å². The zero-order valence-electron chi connectivity index (χ0n) is 24.4. The number of rotatable bonds is 8. The number of aromatic nitrogens is 2. The molecule has 0 bridgehead atoms. The van der Waals surface area contributed by atoms with Gasteiger partial charge in [-0.15, -0.1) is 0 Å². The Balaban J connectivity index is 1.65. The van der Waals surface area contributed by atoms with Crippen LogP contribution in [0.15, 0.2) is 61.1 Å². The molecule has 5 rings (SSSR count). The van der Waals surface area contributed by atoms with Crippen molar-refractivity contribution in [2.75, 3.05) is 9.80 Å². The van der Waals surface area contributed by atoms with Crippen LogP contribution < -0.4 is 18.7 Å². The molecule has 3 aromatic rings. The van der Waals surface area contributed by atoms with Crippen molar-refractivity contribution >= 4 is 62.8 Å². The van der Waals surface area contributed by atoms with Crippen molar-refractivity contribution in [3.8, 4) is 6.07 Å². The van der Waals surface area contributed by atoms with E-state index in [1.54, 1.807) is 30.5 Å². The molecule has 1 aliphatic heterocycles. The fourth-order valence-corrected chi connectivity index (χ4v) is 8.71. The number of alkyl halides is 2. The topological polar surface area (TPSA) is 119 Å². The van der Waals surface area contributed by atoms with Gasteiger partial charge in [-0.05, 0) is 0 Å². The van der Waals surface area contributed by atoms with Crippen molar-refractivity contribution in [1.82, 2.24) is 15.3 Å². The quantitative estimate of drug-likeness (QED) is 0.336. The van der Waals surface area contributed by atoms with E-state index in [9.17, 15) is 28.4 Å². The zero-order chi connectivity index (χ0) is 31.8. The summed E-state index contributed by atoms with van der Waals surface area (Å²) in [5, 5.41) is 12.3. The molecule has 3 amide bonds. The van der Waals surface area contributed by atoms with Crippen molar-refractivity contribution in [3.63, 3.8) is 0 Å². The Labute approximate surface area is 263 Å². The van der Waals surface area contributed by atoms with E-state index in [-0.39, 0.29) is 40.7 Å². The molecule has 1 saturated carbocycles. The van der Waals surface area contributed by atoms with Crippen LogP contribution in [-0.4, -0.2) is 64.1 Å². The van der Waals surface area contributed by atoms with Crippen molar-refractivity contribution in [2.45, 2.75) is 64.6 Å². The molecule has 2 aromatic heterocycles. The van der Waals surface area contributed by atoms with E-state index in [4.69, 9.17) is 11.6 Å². The third-order valence-corrected chi connectivity index (χ3v) is 13.9. The van der Waals surface area contributed by atoms with Gasteiger partial charge in [-0.3, -0.25) is 0 Å². The summed E-state index contributed by atoms with van der Waals surface area (Å²) in [5.74, 6) is -4.38. The van der Waals surface area contributed by atoms with Gasteiger partial charge in [0.1, 0.15) is 0 Å². The number of nitrogens with zero attached hydrogens (tertiary/aromatic N) is 5. The Kier molecular flexibility index (Phi) is 8.96. The zero-order valence-corrected chi connectivity index (χ0v) is 28.0. The fraction of sp³-hybridized carbons (Fsp3) is 0.355. The Hall–Kier alpha value is -3.63. The molecule has 228 valence electrons. The first-order valence-electron chi connectivity index (χ1n) is 14.2. The molecule has 9 nitrogen and oxygen atoms in total. The molecule has 3 heterocycles. The van der Waals surface area contributed by atoms with Gasteiger partial charge in [0.2, 0.25) is 0 Å². The van der Waals surface area contributed by atoms with Crippen LogP contribution in [0.25, 0.3) is 0 Å². The van der Waals surface area contributed by atoms with Gasteiger partial charge in [0.05, 0.1) is 0 Å². The summed E-state index contributed by atoms with van der Waals surface area (Å²) in [6.45, 7) is 0. The Morgan fingerprint density at radius 3 is 2.57 bits per heavy atom. The van der Waals surface area contributed by atoms with E-state index in [1.165, 1.54) is 34.3 Å². The van der Waals surface area contributed by atoms with Gasteiger partial charge in [-0.25, -0.2) is 0 Å². The van der Waals surface area contributed by atoms with Crippen molar-refractivity contribution in [3.05, 3.63) is 77.2 Å². The normalized spacial score (nSPS) is 18.7. The van der Waals surface area contributed by atoms with E-state index in [0.29, 0.717) is 5.69 Å². The van der Waals surface area contributed by atoms with Gasteiger partial charge < -0.3 is 0 Å². The molecule has 13 heteroatoms. The first kappa shape index (κ1) is 31.8. The standard InChI is InChI=1S/C28H22ClF2N6O3.3CH3.Sn/c29-21-6-2-1-5-20(21)25(26(39)35-18-13-28(30,31)14-18)36(19-4-3-10-33-16-19)27(40)22-7-8-24(38)37(22)23-12-17(15-32)9-11-34-23;;;;/h1-2,4-6,9-12,16,18,22,25H,7-8,13-14H2,(H,35,39);3*1H3;/t22-,25-;;;;/m0..../s1. The summed E-state index contributed by atoms with van der Waals surface area (Å²) in [4.78, 5) is 59.8. The molecule has 44 heavy (non-hydrogen) atoms. The molecular formula is C31H31ClF2N6O3Sn. The molecular weight excluding hydrogens is 697 g/mol. The molecule has 1 aromatic carbocycles. The van der Waals surface area contributed by atoms with Gasteiger partial charge in [-0.2, -0.15) is 0 Å². The van der Waals surface area contributed by atoms with Crippen LogP contribution >= 0.6 is 11.6 Å². The molecule has 1 N–H and O–H groups in total. The first-order chi connectivity index (χ1) is 20.8. The number of carbonyl (C=O) groups excluding carboxylic acids is 3. The van der Waals surface area contributed by atoms with Crippen LogP contribution in [0, 0.1) is 11.3 Å². The molecule has 2 fully saturated rings. The van der Waals surface area contributed by atoms with Gasteiger partial charge in [0, 0.05) is 0 Å². The maximum absolute atomic E-state index is 14.8. The van der Waals surface area contributed by atoms with Crippen molar-refractivity contribution < 1.29 is 23.2 Å². The number of benzene rings is 1. The molecule has 0 unspecified atom stereocenters. The van der Waals surface area contributed by atoms with Gasteiger partial charge in [-0.1, -0.05) is 0 Å². The third kappa shape index (κ3) is 6.56. The third-order valence-electron chi connectivity index (χ3n) is 7.87. The second-order valence-corrected chi connectivity index (χ2v) is 27.0. The number of carbonyl (C=O) groups is 3. The summed E-state index contributed by atoms with van der Waals surface area (Å²) in [5.41, 5.74) is 0.866. The Morgan fingerprint density at radius 1 is 1.18 bits per heavy atom. The molecule has 1 saturated heterocycles.